The van der Waals surface area contributed by atoms with E-state index in [0.29, 0.717) is 12.1 Å². The van der Waals surface area contributed by atoms with Gasteiger partial charge in [-0.25, -0.2) is 0 Å². The fourth-order valence-corrected chi connectivity index (χ4v) is 4.11. The first-order valence-electron chi connectivity index (χ1n) is 10.8. The summed E-state index contributed by atoms with van der Waals surface area (Å²) >= 11 is 0. The van der Waals surface area contributed by atoms with Crippen LogP contribution in [0.1, 0.15) is 28.4 Å². The Morgan fingerprint density at radius 2 is 1.90 bits per heavy atom. The monoisotopic (exact) mass is 409 g/mol. The van der Waals surface area contributed by atoms with E-state index in [1.165, 1.54) is 11.1 Å². The largest absolute Gasteiger partial charge is 0.489 e. The van der Waals surface area contributed by atoms with Gasteiger partial charge >= 0.3 is 0 Å². The molecule has 1 amide bonds. The molecule has 2 heterocycles. The Morgan fingerprint density at radius 3 is 2.67 bits per heavy atom. The number of anilines is 1. The van der Waals surface area contributed by atoms with E-state index in [-0.39, 0.29) is 12.0 Å². The van der Waals surface area contributed by atoms with Crippen LogP contribution in [-0.2, 0) is 11.3 Å². The molecule has 1 saturated heterocycles. The molecule has 0 saturated carbocycles. The second-order valence-corrected chi connectivity index (χ2v) is 8.18. The molecule has 160 valence electrons. The first-order valence-corrected chi connectivity index (χ1v) is 10.8. The van der Waals surface area contributed by atoms with Gasteiger partial charge in [0.25, 0.3) is 5.91 Å². The minimum atomic E-state index is -0.0288. The van der Waals surface area contributed by atoms with Crippen LogP contribution in [0, 0.1) is 6.92 Å². The highest BCUT2D eigenvalue weighted by atomic mass is 16.5. The number of morpholine rings is 1. The molecule has 1 N–H and O–H groups in total. The Morgan fingerprint density at radius 1 is 1.13 bits per heavy atom. The SMILES string of the molecule is Cc1ccc2c(c1)CN(CCNC(=O)c1ccc(N3CCOCC3)cc1)CC(C)O2. The Balaban J connectivity index is 1.29. The van der Waals surface area contributed by atoms with Gasteiger partial charge < -0.3 is 19.7 Å². The van der Waals surface area contributed by atoms with E-state index in [1.807, 2.05) is 24.3 Å². The maximum Gasteiger partial charge on any atom is 0.251 e. The molecule has 6 nitrogen and oxygen atoms in total. The molecule has 2 aromatic carbocycles. The van der Waals surface area contributed by atoms with Gasteiger partial charge in [0.15, 0.2) is 0 Å². The van der Waals surface area contributed by atoms with Crippen molar-refractivity contribution in [3.8, 4) is 5.75 Å². The lowest BCUT2D eigenvalue weighted by Crippen LogP contribution is -2.38. The van der Waals surface area contributed by atoms with E-state index in [0.717, 1.165) is 57.4 Å². The van der Waals surface area contributed by atoms with Crippen LogP contribution in [0.25, 0.3) is 0 Å². The number of aryl methyl sites for hydroxylation is 1. The number of ether oxygens (including phenoxy) is 2. The summed E-state index contributed by atoms with van der Waals surface area (Å²) in [6.07, 6.45) is 0.123. The van der Waals surface area contributed by atoms with Crippen molar-refractivity contribution in [2.45, 2.75) is 26.5 Å². The minimum Gasteiger partial charge on any atom is -0.489 e. The van der Waals surface area contributed by atoms with Crippen LogP contribution in [-0.4, -0.2) is 62.8 Å². The van der Waals surface area contributed by atoms with E-state index in [1.54, 1.807) is 0 Å². The van der Waals surface area contributed by atoms with Crippen molar-refractivity contribution < 1.29 is 14.3 Å². The highest BCUT2D eigenvalue weighted by Gasteiger charge is 2.20. The summed E-state index contributed by atoms with van der Waals surface area (Å²) < 4.78 is 11.5. The number of carbonyl (C=O) groups excluding carboxylic acids is 1. The minimum absolute atomic E-state index is 0.0288. The van der Waals surface area contributed by atoms with Gasteiger partial charge in [-0.15, -0.1) is 0 Å². The number of rotatable bonds is 5. The summed E-state index contributed by atoms with van der Waals surface area (Å²) in [5.74, 6) is 0.943. The number of hydrogen-bond acceptors (Lipinski definition) is 5. The quantitative estimate of drug-likeness (QED) is 0.823. The zero-order chi connectivity index (χ0) is 20.9. The fourth-order valence-electron chi connectivity index (χ4n) is 4.11. The van der Waals surface area contributed by atoms with Gasteiger partial charge in [-0.2, -0.15) is 0 Å². The highest BCUT2D eigenvalue weighted by Crippen LogP contribution is 2.26. The molecule has 2 aliphatic rings. The van der Waals surface area contributed by atoms with E-state index in [4.69, 9.17) is 9.47 Å². The maximum atomic E-state index is 12.6. The molecule has 2 aliphatic heterocycles. The summed E-state index contributed by atoms with van der Waals surface area (Å²) in [5.41, 5.74) is 4.29. The number of nitrogens with zero attached hydrogens (tertiary/aromatic N) is 2. The summed E-state index contributed by atoms with van der Waals surface area (Å²) in [6, 6.07) is 14.2. The number of amides is 1. The first-order chi connectivity index (χ1) is 14.6. The Hall–Kier alpha value is -2.57. The Bertz CT molecular complexity index is 862. The summed E-state index contributed by atoms with van der Waals surface area (Å²) in [4.78, 5) is 17.2. The number of carbonyl (C=O) groups is 1. The topological polar surface area (TPSA) is 54.0 Å². The lowest BCUT2D eigenvalue weighted by Gasteiger charge is -2.28. The van der Waals surface area contributed by atoms with E-state index >= 15 is 0 Å². The first kappa shape index (κ1) is 20.7. The molecule has 0 radical (unpaired) electrons. The third-order valence-electron chi connectivity index (χ3n) is 5.67. The van der Waals surface area contributed by atoms with Crippen LogP contribution < -0.4 is 15.0 Å². The zero-order valence-corrected chi connectivity index (χ0v) is 17.9. The zero-order valence-electron chi connectivity index (χ0n) is 17.9. The predicted molar refractivity (Wildman–Crippen MR) is 118 cm³/mol. The molecule has 2 aromatic rings. The van der Waals surface area contributed by atoms with E-state index < -0.39 is 0 Å². The van der Waals surface area contributed by atoms with Crippen LogP contribution in [0.2, 0.25) is 0 Å². The average Bonchev–Trinajstić information content (AvgIpc) is 2.91. The number of benzene rings is 2. The van der Waals surface area contributed by atoms with Crippen LogP contribution in [0.5, 0.6) is 5.75 Å². The maximum absolute atomic E-state index is 12.6. The number of hydrogen-bond donors (Lipinski definition) is 1. The number of fused-ring (bicyclic) bond motifs is 1. The van der Waals surface area contributed by atoms with Crippen molar-refractivity contribution in [3.63, 3.8) is 0 Å². The van der Waals surface area contributed by atoms with Crippen molar-refractivity contribution in [1.82, 2.24) is 10.2 Å². The lowest BCUT2D eigenvalue weighted by atomic mass is 10.1. The van der Waals surface area contributed by atoms with Crippen molar-refractivity contribution >= 4 is 11.6 Å². The summed E-state index contributed by atoms with van der Waals surface area (Å²) in [7, 11) is 0. The van der Waals surface area contributed by atoms with Crippen LogP contribution >= 0.6 is 0 Å². The lowest BCUT2D eigenvalue weighted by molar-refractivity contribution is 0.0944. The van der Waals surface area contributed by atoms with Crippen LogP contribution in [0.4, 0.5) is 5.69 Å². The number of nitrogens with one attached hydrogen (secondary N) is 1. The van der Waals surface area contributed by atoms with E-state index in [9.17, 15) is 4.79 Å². The highest BCUT2D eigenvalue weighted by molar-refractivity contribution is 5.94. The van der Waals surface area contributed by atoms with E-state index in [2.05, 4.69) is 47.2 Å². The fraction of sp³-hybridized carbons (Fsp3) is 0.458. The van der Waals surface area contributed by atoms with Gasteiger partial charge in [-0.3, -0.25) is 9.69 Å². The second kappa shape index (κ2) is 9.49. The Labute approximate surface area is 178 Å². The summed E-state index contributed by atoms with van der Waals surface area (Å²) in [5, 5.41) is 3.06. The third-order valence-corrected chi connectivity index (χ3v) is 5.67. The molecule has 0 aromatic heterocycles. The molecule has 1 fully saturated rings. The normalized spacial score (nSPS) is 19.5. The van der Waals surface area contributed by atoms with Crippen molar-refractivity contribution in [2.75, 3.05) is 50.8 Å². The molecule has 30 heavy (non-hydrogen) atoms. The predicted octanol–water partition coefficient (Wildman–Crippen LogP) is 2.84. The molecule has 1 unspecified atom stereocenters. The molecule has 6 heteroatoms. The van der Waals surface area contributed by atoms with Gasteiger partial charge in [0.2, 0.25) is 0 Å². The van der Waals surface area contributed by atoms with Crippen molar-refractivity contribution in [2.24, 2.45) is 0 Å². The third kappa shape index (κ3) is 5.12. The van der Waals surface area contributed by atoms with Gasteiger partial charge in [0.1, 0.15) is 11.9 Å². The molecule has 0 spiro atoms. The summed E-state index contributed by atoms with van der Waals surface area (Å²) in [6.45, 7) is 10.6. The molecular weight excluding hydrogens is 378 g/mol. The molecular formula is C24H31N3O3. The molecule has 0 aliphatic carbocycles. The molecule has 1 atom stereocenters. The van der Waals surface area contributed by atoms with Crippen LogP contribution in [0.15, 0.2) is 42.5 Å². The average molecular weight is 410 g/mol. The van der Waals surface area contributed by atoms with Crippen molar-refractivity contribution in [3.05, 3.63) is 59.2 Å². The Kier molecular flexibility index (Phi) is 6.55. The van der Waals surface area contributed by atoms with Gasteiger partial charge in [-0.05, 0) is 44.2 Å². The molecule has 4 rings (SSSR count). The van der Waals surface area contributed by atoms with Gasteiger partial charge in [0, 0.05) is 56.1 Å². The molecule has 0 bridgehead atoms. The van der Waals surface area contributed by atoms with Crippen LogP contribution in [0.3, 0.4) is 0 Å². The van der Waals surface area contributed by atoms with Crippen molar-refractivity contribution in [1.29, 1.82) is 0 Å². The van der Waals surface area contributed by atoms with Gasteiger partial charge in [-0.1, -0.05) is 17.7 Å². The standard InChI is InChI=1S/C24H31N3O3/c1-18-3-8-23-21(15-18)17-26(16-19(2)30-23)10-9-25-24(28)20-4-6-22(7-5-20)27-11-13-29-14-12-27/h3-8,15,19H,9-14,16-17H2,1-2H3,(H,25,28). The second-order valence-electron chi connectivity index (χ2n) is 8.18. The van der Waals surface area contributed by atoms with Gasteiger partial charge in [0.05, 0.1) is 13.2 Å². The smallest absolute Gasteiger partial charge is 0.251 e.